The van der Waals surface area contributed by atoms with Crippen LogP contribution in [0, 0.1) is 0 Å². The average Bonchev–Trinajstić information content (AvgIpc) is 2.31. The fourth-order valence-corrected chi connectivity index (χ4v) is 1.18. The third kappa shape index (κ3) is 2.03. The molecule has 0 spiro atoms. The van der Waals surface area contributed by atoms with Crippen molar-refractivity contribution in [1.29, 1.82) is 0 Å². The van der Waals surface area contributed by atoms with Crippen molar-refractivity contribution >= 4 is 0 Å². The minimum Gasteiger partial charge on any atom is -0.373 e. The highest BCUT2D eigenvalue weighted by Gasteiger charge is 2.13. The van der Waals surface area contributed by atoms with Gasteiger partial charge in [-0.3, -0.25) is 5.32 Å². The van der Waals surface area contributed by atoms with Crippen LogP contribution in [-0.2, 0) is 0 Å². The molecule has 0 aromatic heterocycles. The second kappa shape index (κ2) is 3.62. The van der Waals surface area contributed by atoms with Crippen molar-refractivity contribution in [3.8, 4) is 0 Å². The Balaban J connectivity index is 2.12. The summed E-state index contributed by atoms with van der Waals surface area (Å²) in [5, 5.41) is 6.61. The maximum Gasteiger partial charge on any atom is 0.0768 e. The van der Waals surface area contributed by atoms with Gasteiger partial charge in [-0.05, 0) is 6.42 Å². The van der Waals surface area contributed by atoms with E-state index in [1.165, 1.54) is 19.3 Å². The largest absolute Gasteiger partial charge is 0.373 e. The Bertz CT molecular complexity index is 120. The zero-order valence-electron chi connectivity index (χ0n) is 6.61. The molecule has 0 aromatic rings. The molecule has 1 heterocycles. The van der Waals surface area contributed by atoms with Gasteiger partial charge in [0.2, 0.25) is 0 Å². The van der Waals surface area contributed by atoms with Gasteiger partial charge in [0, 0.05) is 12.2 Å². The van der Waals surface area contributed by atoms with Crippen molar-refractivity contribution in [2.24, 2.45) is 0 Å². The molecular weight excluding hydrogens is 124 g/mol. The van der Waals surface area contributed by atoms with Crippen molar-refractivity contribution in [2.45, 2.75) is 32.4 Å². The Morgan fingerprint density at radius 1 is 1.70 bits per heavy atom. The number of nitrogens with one attached hydrogen (secondary N) is 2. The number of rotatable bonds is 3. The summed E-state index contributed by atoms with van der Waals surface area (Å²) in [6.45, 7) is 6.99. The monoisotopic (exact) mass is 140 g/mol. The van der Waals surface area contributed by atoms with Crippen LogP contribution in [-0.4, -0.2) is 12.7 Å². The highest BCUT2D eigenvalue weighted by molar-refractivity contribution is 5.01. The first-order valence-electron chi connectivity index (χ1n) is 4.00. The van der Waals surface area contributed by atoms with Gasteiger partial charge in [-0.1, -0.05) is 26.3 Å². The van der Waals surface area contributed by atoms with E-state index in [0.29, 0.717) is 6.17 Å². The minimum absolute atomic E-state index is 0.493. The SMILES string of the molecule is C=C1CNC(CCCC)N1. The summed E-state index contributed by atoms with van der Waals surface area (Å²) in [5.41, 5.74) is 1.13. The first-order chi connectivity index (χ1) is 4.83. The summed E-state index contributed by atoms with van der Waals surface area (Å²) in [6.07, 6.45) is 4.27. The zero-order chi connectivity index (χ0) is 7.40. The molecule has 1 aliphatic heterocycles. The van der Waals surface area contributed by atoms with Crippen LogP contribution in [0.3, 0.4) is 0 Å². The van der Waals surface area contributed by atoms with E-state index in [2.05, 4.69) is 24.1 Å². The lowest BCUT2D eigenvalue weighted by Crippen LogP contribution is -2.30. The Morgan fingerprint density at radius 3 is 3.00 bits per heavy atom. The average molecular weight is 140 g/mol. The second-order valence-corrected chi connectivity index (χ2v) is 2.82. The van der Waals surface area contributed by atoms with E-state index in [1.54, 1.807) is 0 Å². The lowest BCUT2D eigenvalue weighted by Gasteiger charge is -2.09. The molecule has 1 fully saturated rings. The van der Waals surface area contributed by atoms with Crippen molar-refractivity contribution in [3.05, 3.63) is 12.3 Å². The van der Waals surface area contributed by atoms with E-state index in [9.17, 15) is 0 Å². The molecule has 0 bridgehead atoms. The maximum absolute atomic E-state index is 3.84. The summed E-state index contributed by atoms with van der Waals surface area (Å²) >= 11 is 0. The zero-order valence-corrected chi connectivity index (χ0v) is 6.61. The third-order valence-corrected chi connectivity index (χ3v) is 1.79. The molecule has 1 saturated heterocycles. The van der Waals surface area contributed by atoms with Crippen molar-refractivity contribution in [1.82, 2.24) is 10.6 Å². The van der Waals surface area contributed by atoms with E-state index in [1.807, 2.05) is 0 Å². The van der Waals surface area contributed by atoms with Gasteiger partial charge in [0.05, 0.1) is 6.17 Å². The lowest BCUT2D eigenvalue weighted by molar-refractivity contribution is 0.498. The standard InChI is InChI=1S/C8H16N2/c1-3-4-5-8-9-6-7(2)10-8/h8-10H,2-6H2,1H3. The van der Waals surface area contributed by atoms with Gasteiger partial charge in [0.1, 0.15) is 0 Å². The quantitative estimate of drug-likeness (QED) is 0.615. The highest BCUT2D eigenvalue weighted by Crippen LogP contribution is 2.03. The van der Waals surface area contributed by atoms with Crippen molar-refractivity contribution < 1.29 is 0 Å². The number of unbranched alkanes of at least 4 members (excludes halogenated alkanes) is 1. The Hall–Kier alpha value is -0.500. The summed E-state index contributed by atoms with van der Waals surface area (Å²) in [7, 11) is 0. The summed E-state index contributed by atoms with van der Waals surface area (Å²) in [6, 6.07) is 0. The molecule has 2 nitrogen and oxygen atoms in total. The first-order valence-corrected chi connectivity index (χ1v) is 4.00. The molecule has 2 heteroatoms. The maximum atomic E-state index is 3.84. The molecule has 10 heavy (non-hydrogen) atoms. The van der Waals surface area contributed by atoms with E-state index >= 15 is 0 Å². The summed E-state index contributed by atoms with van der Waals surface area (Å²) < 4.78 is 0. The van der Waals surface area contributed by atoms with Crippen LogP contribution in [0.15, 0.2) is 12.3 Å². The van der Waals surface area contributed by atoms with Gasteiger partial charge in [-0.15, -0.1) is 0 Å². The minimum atomic E-state index is 0.493. The topological polar surface area (TPSA) is 24.1 Å². The molecule has 0 aromatic carbocycles. The summed E-state index contributed by atoms with van der Waals surface area (Å²) in [5.74, 6) is 0. The smallest absolute Gasteiger partial charge is 0.0768 e. The number of hydrogen-bond acceptors (Lipinski definition) is 2. The third-order valence-electron chi connectivity index (χ3n) is 1.79. The molecule has 2 N–H and O–H groups in total. The van der Waals surface area contributed by atoms with Crippen molar-refractivity contribution in [2.75, 3.05) is 6.54 Å². The van der Waals surface area contributed by atoms with Gasteiger partial charge in [-0.25, -0.2) is 0 Å². The molecule has 58 valence electrons. The molecule has 1 atom stereocenters. The fraction of sp³-hybridized carbons (Fsp3) is 0.750. The van der Waals surface area contributed by atoms with Crippen LogP contribution >= 0.6 is 0 Å². The van der Waals surface area contributed by atoms with Crippen LogP contribution in [0.25, 0.3) is 0 Å². The fourth-order valence-electron chi connectivity index (χ4n) is 1.18. The Morgan fingerprint density at radius 2 is 2.50 bits per heavy atom. The molecule has 1 unspecified atom stereocenters. The van der Waals surface area contributed by atoms with Gasteiger partial charge in [0.25, 0.3) is 0 Å². The Kier molecular flexibility index (Phi) is 2.75. The van der Waals surface area contributed by atoms with Crippen LogP contribution in [0.2, 0.25) is 0 Å². The predicted octanol–water partition coefficient (Wildman–Crippen LogP) is 1.21. The highest BCUT2D eigenvalue weighted by atomic mass is 15.2. The van der Waals surface area contributed by atoms with Crippen LogP contribution < -0.4 is 10.6 Å². The van der Waals surface area contributed by atoms with E-state index < -0.39 is 0 Å². The lowest BCUT2D eigenvalue weighted by atomic mass is 10.2. The molecule has 0 radical (unpaired) electrons. The van der Waals surface area contributed by atoms with E-state index in [0.717, 1.165) is 12.2 Å². The molecule has 0 amide bonds. The molecule has 0 saturated carbocycles. The van der Waals surface area contributed by atoms with E-state index in [4.69, 9.17) is 0 Å². The molecule has 0 aliphatic carbocycles. The Labute approximate surface area is 62.7 Å². The molecule has 1 rings (SSSR count). The number of hydrogen-bond donors (Lipinski definition) is 2. The van der Waals surface area contributed by atoms with Crippen LogP contribution in [0.5, 0.6) is 0 Å². The first kappa shape index (κ1) is 7.61. The van der Waals surface area contributed by atoms with Crippen LogP contribution in [0.4, 0.5) is 0 Å². The molecule has 1 aliphatic rings. The predicted molar refractivity (Wildman–Crippen MR) is 43.6 cm³/mol. The second-order valence-electron chi connectivity index (χ2n) is 2.82. The van der Waals surface area contributed by atoms with E-state index in [-0.39, 0.29) is 0 Å². The van der Waals surface area contributed by atoms with Gasteiger partial charge >= 0.3 is 0 Å². The van der Waals surface area contributed by atoms with Gasteiger partial charge in [0.15, 0.2) is 0 Å². The van der Waals surface area contributed by atoms with Crippen molar-refractivity contribution in [3.63, 3.8) is 0 Å². The van der Waals surface area contributed by atoms with Crippen LogP contribution in [0.1, 0.15) is 26.2 Å². The van der Waals surface area contributed by atoms with Gasteiger partial charge in [-0.2, -0.15) is 0 Å². The molecular formula is C8H16N2. The normalized spacial score (nSPS) is 24.9. The van der Waals surface area contributed by atoms with Gasteiger partial charge < -0.3 is 5.32 Å². The summed E-state index contributed by atoms with van der Waals surface area (Å²) in [4.78, 5) is 0.